The number of amides is 1. The van der Waals surface area contributed by atoms with Crippen LogP contribution in [0.5, 0.6) is 0 Å². The molecule has 7 heteroatoms. The van der Waals surface area contributed by atoms with Crippen molar-refractivity contribution >= 4 is 11.9 Å². The normalized spacial score (nSPS) is 21.3. The van der Waals surface area contributed by atoms with Gasteiger partial charge in [0.1, 0.15) is 0 Å². The molecular weight excluding hydrogens is 310 g/mol. The molecule has 0 saturated carbocycles. The van der Waals surface area contributed by atoms with Crippen LogP contribution in [0.2, 0.25) is 0 Å². The Hall–Kier alpha value is -1.89. The van der Waals surface area contributed by atoms with Gasteiger partial charge in [0.15, 0.2) is 0 Å². The van der Waals surface area contributed by atoms with Gasteiger partial charge in [-0.3, -0.25) is 14.3 Å². The summed E-state index contributed by atoms with van der Waals surface area (Å²) in [5, 5.41) is 13.5. The van der Waals surface area contributed by atoms with Crippen LogP contribution < -0.4 is 0 Å². The number of rotatable bonds is 5. The Kier molecular flexibility index (Phi) is 5.32. The monoisotopic (exact) mass is 337 g/mol. The molecule has 24 heavy (non-hydrogen) atoms. The zero-order valence-corrected chi connectivity index (χ0v) is 15.1. The largest absolute Gasteiger partial charge is 0.481 e. The summed E-state index contributed by atoms with van der Waals surface area (Å²) in [5.41, 5.74) is 1.21. The summed E-state index contributed by atoms with van der Waals surface area (Å²) in [6.07, 6.45) is 2.64. The molecule has 0 radical (unpaired) electrons. The first kappa shape index (κ1) is 18.4. The van der Waals surface area contributed by atoms with E-state index >= 15 is 0 Å². The number of aliphatic carboxylic acids is 1. The minimum absolute atomic E-state index is 0.0690. The smallest absolute Gasteiger partial charge is 0.305 e. The van der Waals surface area contributed by atoms with Gasteiger partial charge in [0.25, 0.3) is 5.91 Å². The van der Waals surface area contributed by atoms with Gasteiger partial charge in [-0.25, -0.2) is 0 Å². The summed E-state index contributed by atoms with van der Waals surface area (Å²) >= 11 is 0. The quantitative estimate of drug-likeness (QED) is 0.887. The van der Waals surface area contributed by atoms with Crippen LogP contribution in [0, 0.1) is 0 Å². The van der Waals surface area contributed by atoms with Crippen molar-refractivity contribution in [1.82, 2.24) is 14.7 Å². The van der Waals surface area contributed by atoms with Crippen molar-refractivity contribution in [2.24, 2.45) is 0 Å². The molecule has 0 spiro atoms. The summed E-state index contributed by atoms with van der Waals surface area (Å²) < 4.78 is 7.22. The third-order valence-corrected chi connectivity index (χ3v) is 4.45. The van der Waals surface area contributed by atoms with Gasteiger partial charge in [-0.15, -0.1) is 0 Å². The van der Waals surface area contributed by atoms with Gasteiger partial charge in [-0.05, 0) is 33.6 Å². The molecule has 1 aliphatic heterocycles. The zero-order valence-electron chi connectivity index (χ0n) is 15.1. The molecular formula is C17H27N3O4. The molecule has 2 heterocycles. The molecule has 0 bridgehead atoms. The van der Waals surface area contributed by atoms with Gasteiger partial charge in [0.05, 0.1) is 35.5 Å². The first-order valence-corrected chi connectivity index (χ1v) is 8.32. The lowest BCUT2D eigenvalue weighted by atomic mass is 10.1. The second-order valence-corrected chi connectivity index (χ2v) is 7.24. The highest BCUT2D eigenvalue weighted by Crippen LogP contribution is 2.27. The van der Waals surface area contributed by atoms with Crippen molar-refractivity contribution in [3.63, 3.8) is 0 Å². The molecule has 1 aliphatic rings. The molecule has 1 aromatic heterocycles. The SMILES string of the molecule is CCc1c(C(=O)N2CC(OC)CC2CC(=O)O)cnn1C(C)(C)C. The summed E-state index contributed by atoms with van der Waals surface area (Å²) in [6.45, 7) is 8.52. The lowest BCUT2D eigenvalue weighted by Crippen LogP contribution is -2.38. The maximum Gasteiger partial charge on any atom is 0.305 e. The molecule has 1 fully saturated rings. The van der Waals surface area contributed by atoms with Crippen LogP contribution in [-0.2, 0) is 21.5 Å². The number of carbonyl (C=O) groups excluding carboxylic acids is 1. The lowest BCUT2D eigenvalue weighted by Gasteiger charge is -2.25. The van der Waals surface area contributed by atoms with Crippen LogP contribution in [0.15, 0.2) is 6.20 Å². The van der Waals surface area contributed by atoms with E-state index in [1.165, 1.54) is 0 Å². The molecule has 1 amide bonds. The zero-order chi connectivity index (χ0) is 18.1. The topological polar surface area (TPSA) is 84.7 Å². The molecule has 134 valence electrons. The molecule has 0 aromatic carbocycles. The van der Waals surface area contributed by atoms with E-state index in [-0.39, 0.29) is 30.0 Å². The van der Waals surface area contributed by atoms with E-state index in [9.17, 15) is 9.59 Å². The molecule has 1 N–H and O–H groups in total. The number of hydrogen-bond donors (Lipinski definition) is 1. The first-order valence-electron chi connectivity index (χ1n) is 8.32. The van der Waals surface area contributed by atoms with E-state index in [1.54, 1.807) is 18.2 Å². The van der Waals surface area contributed by atoms with Crippen LogP contribution in [0.25, 0.3) is 0 Å². The summed E-state index contributed by atoms with van der Waals surface area (Å²) in [6, 6.07) is -0.345. The van der Waals surface area contributed by atoms with E-state index < -0.39 is 5.97 Å². The van der Waals surface area contributed by atoms with Gasteiger partial charge in [0.2, 0.25) is 0 Å². The first-order chi connectivity index (χ1) is 11.2. The number of ether oxygens (including phenoxy) is 1. The average Bonchev–Trinajstić information content (AvgIpc) is 3.08. The number of hydrogen-bond acceptors (Lipinski definition) is 4. The van der Waals surface area contributed by atoms with Crippen molar-refractivity contribution in [2.75, 3.05) is 13.7 Å². The molecule has 7 nitrogen and oxygen atoms in total. The predicted molar refractivity (Wildman–Crippen MR) is 89.1 cm³/mol. The van der Waals surface area contributed by atoms with E-state index in [2.05, 4.69) is 5.10 Å². The summed E-state index contributed by atoms with van der Waals surface area (Å²) in [4.78, 5) is 25.8. The molecule has 1 saturated heterocycles. The van der Waals surface area contributed by atoms with Gasteiger partial charge in [-0.2, -0.15) is 5.10 Å². The molecule has 1 aromatic rings. The lowest BCUT2D eigenvalue weighted by molar-refractivity contribution is -0.137. The molecule has 2 atom stereocenters. The molecule has 2 rings (SSSR count). The van der Waals surface area contributed by atoms with E-state index in [4.69, 9.17) is 9.84 Å². The number of carboxylic acids is 1. The van der Waals surface area contributed by atoms with Gasteiger partial charge in [-0.1, -0.05) is 6.92 Å². The van der Waals surface area contributed by atoms with Crippen molar-refractivity contribution in [3.05, 3.63) is 17.5 Å². The predicted octanol–water partition coefficient (Wildman–Crippen LogP) is 1.90. The van der Waals surface area contributed by atoms with Crippen molar-refractivity contribution in [3.8, 4) is 0 Å². The van der Waals surface area contributed by atoms with Crippen LogP contribution in [0.3, 0.4) is 0 Å². The Balaban J connectivity index is 2.33. The van der Waals surface area contributed by atoms with Crippen molar-refractivity contribution in [1.29, 1.82) is 0 Å². The second-order valence-electron chi connectivity index (χ2n) is 7.24. The highest BCUT2D eigenvalue weighted by molar-refractivity contribution is 5.96. The molecule has 0 aliphatic carbocycles. The number of carboxylic acid groups (broad SMARTS) is 1. The van der Waals surface area contributed by atoms with E-state index in [0.717, 1.165) is 5.69 Å². The Morgan fingerprint density at radius 3 is 2.58 bits per heavy atom. The van der Waals surface area contributed by atoms with Crippen molar-refractivity contribution in [2.45, 2.75) is 64.6 Å². The maximum atomic E-state index is 13.0. The van der Waals surface area contributed by atoms with Gasteiger partial charge >= 0.3 is 5.97 Å². The third kappa shape index (κ3) is 3.61. The van der Waals surface area contributed by atoms with Crippen LogP contribution in [0.4, 0.5) is 0 Å². The average molecular weight is 337 g/mol. The van der Waals surface area contributed by atoms with Gasteiger partial charge < -0.3 is 14.7 Å². The minimum Gasteiger partial charge on any atom is -0.481 e. The standard InChI is InChI=1S/C17H27N3O4/c1-6-14-13(9-18-20(14)17(2,3)4)16(23)19-10-12(24-5)7-11(19)8-15(21)22/h9,11-12H,6-8,10H2,1-5H3,(H,21,22). The van der Waals surface area contributed by atoms with E-state index in [0.29, 0.717) is 24.9 Å². The number of methoxy groups -OCH3 is 1. The minimum atomic E-state index is -0.907. The fourth-order valence-electron chi connectivity index (χ4n) is 3.31. The summed E-state index contributed by atoms with van der Waals surface area (Å²) in [7, 11) is 1.59. The Bertz CT molecular complexity index is 618. The number of nitrogens with zero attached hydrogens (tertiary/aromatic N) is 3. The second kappa shape index (κ2) is 6.93. The highest BCUT2D eigenvalue weighted by atomic mass is 16.5. The van der Waals surface area contributed by atoms with E-state index in [1.807, 2.05) is 32.4 Å². The number of aromatic nitrogens is 2. The van der Waals surface area contributed by atoms with Gasteiger partial charge in [0, 0.05) is 19.7 Å². The maximum absolute atomic E-state index is 13.0. The Morgan fingerprint density at radius 1 is 1.42 bits per heavy atom. The number of likely N-dealkylation sites (tertiary alicyclic amines) is 1. The number of carbonyl (C=O) groups is 2. The Labute approximate surface area is 142 Å². The van der Waals surface area contributed by atoms with Crippen LogP contribution in [-0.4, -0.2) is 57.5 Å². The van der Waals surface area contributed by atoms with Crippen LogP contribution in [0.1, 0.15) is 56.6 Å². The van der Waals surface area contributed by atoms with Crippen LogP contribution >= 0.6 is 0 Å². The fourth-order valence-corrected chi connectivity index (χ4v) is 3.31. The highest BCUT2D eigenvalue weighted by Gasteiger charge is 2.38. The Morgan fingerprint density at radius 2 is 2.08 bits per heavy atom. The fraction of sp³-hybridized carbons (Fsp3) is 0.706. The van der Waals surface area contributed by atoms with Crippen molar-refractivity contribution < 1.29 is 19.4 Å². The third-order valence-electron chi connectivity index (χ3n) is 4.45. The molecule has 2 unspecified atom stereocenters. The summed E-state index contributed by atoms with van der Waals surface area (Å²) in [5.74, 6) is -1.07.